The highest BCUT2D eigenvalue weighted by Gasteiger charge is 2.43. The van der Waals surface area contributed by atoms with Crippen molar-refractivity contribution in [3.05, 3.63) is 0 Å². The molecule has 8 heavy (non-hydrogen) atoms. The van der Waals surface area contributed by atoms with Crippen LogP contribution < -0.4 is 0 Å². The molecule has 0 amide bonds. The second-order valence-corrected chi connectivity index (χ2v) is 2.36. The van der Waals surface area contributed by atoms with Crippen LogP contribution in [0.3, 0.4) is 0 Å². The molecule has 1 atom stereocenters. The van der Waals surface area contributed by atoms with Crippen molar-refractivity contribution in [3.8, 4) is 0 Å². The minimum absolute atomic E-state index is 0.208. The molecule has 50 valence electrons. The van der Waals surface area contributed by atoms with Crippen LogP contribution >= 0.6 is 0 Å². The van der Waals surface area contributed by atoms with Crippen LogP contribution in [-0.4, -0.2) is 22.2 Å². The van der Waals surface area contributed by atoms with Crippen molar-refractivity contribution in [2.45, 2.75) is 32.5 Å². The maximum Gasteiger partial charge on any atom is 0.0889 e. The number of epoxide rings is 1. The summed E-state index contributed by atoms with van der Waals surface area (Å²) in [5.41, 5.74) is 0.208. The van der Waals surface area contributed by atoms with Gasteiger partial charge in [-0.25, -0.2) is 0 Å². The molecular weight excluding hydrogens is 108 g/mol. The van der Waals surface area contributed by atoms with Gasteiger partial charge in [0.15, 0.2) is 0 Å². The van der Waals surface area contributed by atoms with E-state index in [1.54, 1.807) is 0 Å². The summed E-state index contributed by atoms with van der Waals surface area (Å²) in [6, 6.07) is 0. The van der Waals surface area contributed by atoms with Crippen molar-refractivity contribution in [3.63, 3.8) is 0 Å². The zero-order valence-electron chi connectivity index (χ0n) is 5.38. The van der Waals surface area contributed by atoms with E-state index in [0.29, 0.717) is 6.10 Å². The van der Waals surface area contributed by atoms with E-state index in [1.165, 1.54) is 0 Å². The Morgan fingerprint density at radius 1 is 1.38 bits per heavy atom. The predicted molar refractivity (Wildman–Crippen MR) is 29.9 cm³/mol. The normalized spacial score (nSPS) is 30.4. The molecule has 3 heteroatoms. The molecular formula is C5H12O3. The third-order valence-corrected chi connectivity index (χ3v) is 1.40. The topological polar surface area (TPSA) is 53.0 Å². The van der Waals surface area contributed by atoms with Crippen LogP contribution in [0.15, 0.2) is 0 Å². The molecule has 0 spiro atoms. The highest BCUT2D eigenvalue weighted by molar-refractivity contribution is 4.90. The standard InChI is InChI=1S/C5H10O.H2O2/c1-4-5(2,3)6-4;1-2/h4H,1-3H3;1-2H. The summed E-state index contributed by atoms with van der Waals surface area (Å²) in [6.45, 7) is 6.27. The fourth-order valence-corrected chi connectivity index (χ4v) is 0.422. The average molecular weight is 120 g/mol. The third-order valence-electron chi connectivity index (χ3n) is 1.40. The van der Waals surface area contributed by atoms with Gasteiger partial charge in [0.05, 0.1) is 11.7 Å². The number of hydrogen-bond acceptors (Lipinski definition) is 3. The zero-order valence-corrected chi connectivity index (χ0v) is 5.38. The fraction of sp³-hybridized carbons (Fsp3) is 1.00. The molecule has 1 aliphatic heterocycles. The van der Waals surface area contributed by atoms with Crippen LogP contribution in [0.2, 0.25) is 0 Å². The van der Waals surface area contributed by atoms with Crippen molar-refractivity contribution < 1.29 is 15.3 Å². The Morgan fingerprint density at radius 2 is 1.50 bits per heavy atom. The first-order valence-electron chi connectivity index (χ1n) is 2.51. The van der Waals surface area contributed by atoms with E-state index in [4.69, 9.17) is 15.3 Å². The Labute approximate surface area is 48.8 Å². The van der Waals surface area contributed by atoms with Gasteiger partial charge in [0.2, 0.25) is 0 Å². The van der Waals surface area contributed by atoms with Gasteiger partial charge in [0.1, 0.15) is 0 Å². The average Bonchev–Trinajstić information content (AvgIpc) is 2.19. The van der Waals surface area contributed by atoms with Crippen LogP contribution in [0.1, 0.15) is 20.8 Å². The second kappa shape index (κ2) is 2.44. The number of rotatable bonds is 0. The van der Waals surface area contributed by atoms with Crippen molar-refractivity contribution in [1.82, 2.24) is 0 Å². The minimum atomic E-state index is 0.208. The first-order chi connectivity index (χ1) is 3.63. The maximum absolute atomic E-state index is 6.00. The molecule has 1 unspecified atom stereocenters. The monoisotopic (exact) mass is 120 g/mol. The molecule has 0 aromatic rings. The largest absolute Gasteiger partial charge is 0.367 e. The maximum atomic E-state index is 6.00. The summed E-state index contributed by atoms with van der Waals surface area (Å²) < 4.78 is 5.10. The van der Waals surface area contributed by atoms with Crippen LogP contribution in [0, 0.1) is 0 Å². The molecule has 1 heterocycles. The second-order valence-electron chi connectivity index (χ2n) is 2.36. The van der Waals surface area contributed by atoms with Gasteiger partial charge in [-0.1, -0.05) is 0 Å². The smallest absolute Gasteiger partial charge is 0.0889 e. The summed E-state index contributed by atoms with van der Waals surface area (Å²) >= 11 is 0. The quantitative estimate of drug-likeness (QED) is 0.287. The predicted octanol–water partition coefficient (Wildman–Crippen LogP) is 1.20. The first-order valence-corrected chi connectivity index (χ1v) is 2.51. The zero-order chi connectivity index (χ0) is 6.78. The molecule has 1 aliphatic rings. The molecule has 1 fully saturated rings. The van der Waals surface area contributed by atoms with Crippen LogP contribution in [0.5, 0.6) is 0 Å². The van der Waals surface area contributed by atoms with Crippen molar-refractivity contribution in [1.29, 1.82) is 0 Å². The van der Waals surface area contributed by atoms with Crippen LogP contribution in [-0.2, 0) is 4.74 Å². The Bertz CT molecular complexity index is 70.1. The van der Waals surface area contributed by atoms with E-state index in [0.717, 1.165) is 0 Å². The van der Waals surface area contributed by atoms with E-state index in [1.807, 2.05) is 0 Å². The van der Waals surface area contributed by atoms with E-state index in [-0.39, 0.29) is 5.60 Å². The minimum Gasteiger partial charge on any atom is -0.367 e. The SMILES string of the molecule is CC1OC1(C)C.OO. The molecule has 0 bridgehead atoms. The summed E-state index contributed by atoms with van der Waals surface area (Å²) in [7, 11) is 0. The summed E-state index contributed by atoms with van der Waals surface area (Å²) in [4.78, 5) is 0. The highest BCUT2D eigenvalue weighted by atomic mass is 17.0. The lowest BCUT2D eigenvalue weighted by molar-refractivity contribution is -0.176. The molecule has 0 saturated carbocycles. The molecule has 2 N–H and O–H groups in total. The van der Waals surface area contributed by atoms with Gasteiger partial charge in [-0.2, -0.15) is 0 Å². The molecule has 1 rings (SSSR count). The van der Waals surface area contributed by atoms with Gasteiger partial charge in [-0.3, -0.25) is 10.5 Å². The van der Waals surface area contributed by atoms with E-state index >= 15 is 0 Å². The van der Waals surface area contributed by atoms with Crippen LogP contribution in [0.25, 0.3) is 0 Å². The van der Waals surface area contributed by atoms with Crippen LogP contribution in [0.4, 0.5) is 0 Å². The van der Waals surface area contributed by atoms with E-state index < -0.39 is 0 Å². The Balaban J connectivity index is 0.000000222. The van der Waals surface area contributed by atoms with Crippen molar-refractivity contribution >= 4 is 0 Å². The summed E-state index contributed by atoms with van der Waals surface area (Å²) in [5.74, 6) is 0. The molecule has 0 aromatic carbocycles. The molecule has 0 radical (unpaired) electrons. The lowest BCUT2D eigenvalue weighted by atomic mass is 10.2. The van der Waals surface area contributed by atoms with Gasteiger partial charge in [-0.15, -0.1) is 0 Å². The number of ether oxygens (including phenoxy) is 1. The fourth-order valence-electron chi connectivity index (χ4n) is 0.422. The number of hydrogen-bond donors (Lipinski definition) is 2. The summed E-state index contributed by atoms with van der Waals surface area (Å²) in [5, 5.41) is 12.0. The molecule has 3 nitrogen and oxygen atoms in total. The summed E-state index contributed by atoms with van der Waals surface area (Å²) in [6.07, 6.45) is 0.498. The van der Waals surface area contributed by atoms with Gasteiger partial charge >= 0.3 is 0 Å². The molecule has 1 saturated heterocycles. The van der Waals surface area contributed by atoms with Gasteiger partial charge < -0.3 is 4.74 Å². The third kappa shape index (κ3) is 1.78. The Morgan fingerprint density at radius 3 is 1.50 bits per heavy atom. The molecule has 0 aliphatic carbocycles. The lowest BCUT2D eigenvalue weighted by Crippen LogP contribution is -1.97. The van der Waals surface area contributed by atoms with Gasteiger partial charge in [-0.05, 0) is 20.8 Å². The Kier molecular flexibility index (Phi) is 2.40. The van der Waals surface area contributed by atoms with E-state index in [9.17, 15) is 0 Å². The Hall–Kier alpha value is -0.120. The van der Waals surface area contributed by atoms with Gasteiger partial charge in [0, 0.05) is 0 Å². The molecule has 0 aromatic heterocycles. The first kappa shape index (κ1) is 7.88. The van der Waals surface area contributed by atoms with Gasteiger partial charge in [0.25, 0.3) is 0 Å². The van der Waals surface area contributed by atoms with Crippen molar-refractivity contribution in [2.75, 3.05) is 0 Å². The highest BCUT2D eigenvalue weighted by Crippen LogP contribution is 2.33. The van der Waals surface area contributed by atoms with Crippen molar-refractivity contribution in [2.24, 2.45) is 0 Å². The lowest BCUT2D eigenvalue weighted by Gasteiger charge is -1.84. The van der Waals surface area contributed by atoms with E-state index in [2.05, 4.69) is 20.8 Å².